The summed E-state index contributed by atoms with van der Waals surface area (Å²) in [5, 5.41) is 45.4. The number of rotatable bonds is 4. The Morgan fingerprint density at radius 1 is 1.14 bits per heavy atom. The maximum absolute atomic E-state index is 13.9. The Morgan fingerprint density at radius 2 is 1.75 bits per heavy atom. The molecule has 3 aliphatic carbocycles. The van der Waals surface area contributed by atoms with Crippen LogP contribution in [0.15, 0.2) is 17.4 Å². The molecular weight excluding hydrogens is 466 g/mol. The van der Waals surface area contributed by atoms with E-state index in [0.717, 1.165) is 5.69 Å². The summed E-state index contributed by atoms with van der Waals surface area (Å²) >= 11 is 0. The largest absolute Gasteiger partial charge is 0.508 e. The van der Waals surface area contributed by atoms with Crippen molar-refractivity contribution in [2.24, 2.45) is 23.5 Å². The summed E-state index contributed by atoms with van der Waals surface area (Å²) in [7, 11) is 6.88. The number of benzene rings is 1. The molecule has 0 radical (unpaired) electrons. The van der Waals surface area contributed by atoms with Crippen molar-refractivity contribution >= 4 is 23.2 Å². The van der Waals surface area contributed by atoms with Gasteiger partial charge in [-0.3, -0.25) is 19.3 Å². The smallest absolute Gasteiger partial charge is 0.255 e. The van der Waals surface area contributed by atoms with Gasteiger partial charge in [-0.15, -0.1) is 0 Å². The number of aromatic hydroxyl groups is 1. The average Bonchev–Trinajstić information content (AvgIpc) is 2.75. The van der Waals surface area contributed by atoms with Crippen LogP contribution in [0.4, 0.5) is 5.69 Å². The number of carbonyl (C=O) groups is 3. The van der Waals surface area contributed by atoms with Gasteiger partial charge in [-0.25, -0.2) is 0 Å². The highest BCUT2D eigenvalue weighted by Gasteiger charge is 2.66. The predicted molar refractivity (Wildman–Crippen MR) is 132 cm³/mol. The number of fused-ring (bicyclic) bond motifs is 3. The van der Waals surface area contributed by atoms with E-state index in [2.05, 4.69) is 0 Å². The Bertz CT molecular complexity index is 1190. The molecule has 6 N–H and O–H groups in total. The first-order chi connectivity index (χ1) is 16.7. The van der Waals surface area contributed by atoms with Crippen molar-refractivity contribution in [1.29, 1.82) is 0 Å². The summed E-state index contributed by atoms with van der Waals surface area (Å²) in [6.45, 7) is 3.79. The van der Waals surface area contributed by atoms with Crippen LogP contribution in [0.3, 0.4) is 0 Å². The SMILES string of the molecule is CC(C)c1cc(N(C)C)c2c(c1O)C(=O)C1C(O)[C@]3(O)C(O)=C(C(N)=O)C(=O)[C@@H](N(C)C)[C@@H]3C[C@@H]1C2. The van der Waals surface area contributed by atoms with E-state index in [1.54, 1.807) is 14.1 Å². The van der Waals surface area contributed by atoms with Crippen molar-refractivity contribution in [2.45, 2.75) is 50.4 Å². The van der Waals surface area contributed by atoms with Gasteiger partial charge in [-0.1, -0.05) is 13.8 Å². The summed E-state index contributed by atoms with van der Waals surface area (Å²) in [6.07, 6.45) is -1.40. The minimum absolute atomic E-state index is 0.0836. The average molecular weight is 502 g/mol. The van der Waals surface area contributed by atoms with E-state index in [9.17, 15) is 34.8 Å². The molecule has 2 unspecified atom stereocenters. The van der Waals surface area contributed by atoms with Crippen molar-refractivity contribution in [2.75, 3.05) is 33.1 Å². The molecule has 1 fully saturated rings. The van der Waals surface area contributed by atoms with Gasteiger partial charge >= 0.3 is 0 Å². The van der Waals surface area contributed by atoms with Gasteiger partial charge in [-0.05, 0) is 56.0 Å². The zero-order chi connectivity index (χ0) is 27.0. The van der Waals surface area contributed by atoms with Gasteiger partial charge in [0.1, 0.15) is 23.2 Å². The van der Waals surface area contributed by atoms with Crippen molar-refractivity contribution < 1.29 is 34.8 Å². The van der Waals surface area contributed by atoms with Crippen LogP contribution in [0, 0.1) is 17.8 Å². The Morgan fingerprint density at radius 3 is 2.25 bits per heavy atom. The Kier molecular flexibility index (Phi) is 6.22. The number of ketones is 2. The molecule has 0 heterocycles. The molecule has 36 heavy (non-hydrogen) atoms. The number of hydrogen-bond donors (Lipinski definition) is 5. The van der Waals surface area contributed by atoms with Crippen LogP contribution >= 0.6 is 0 Å². The number of phenolic OH excluding ortho intramolecular Hbond substituents is 1. The second-order valence-corrected chi connectivity index (χ2v) is 11.1. The van der Waals surface area contributed by atoms with Gasteiger partial charge in [0.2, 0.25) is 0 Å². The maximum Gasteiger partial charge on any atom is 0.255 e. The summed E-state index contributed by atoms with van der Waals surface area (Å²) in [6, 6.07) is 0.813. The zero-order valence-electron chi connectivity index (χ0n) is 21.4. The summed E-state index contributed by atoms with van der Waals surface area (Å²) in [5.74, 6) is -6.39. The molecule has 196 valence electrons. The van der Waals surface area contributed by atoms with Crippen LogP contribution in [0.5, 0.6) is 5.75 Å². The number of aliphatic hydroxyl groups excluding tert-OH is 2. The standard InChI is InChI=1S/C26H35N3O7/c1-10(2)12-9-15(28(3)4)13-7-11-8-14-19(29(5)6)22(32)18(25(27)35)24(34)26(14,36)23(33)16(11)21(31)17(13)20(12)30/h9-11,14,16,19,23,30,33-34,36H,7-8H2,1-6H3,(H2,27,35)/t11-,14-,16?,19-,23?,26-/m0/s1. The van der Waals surface area contributed by atoms with Gasteiger partial charge < -0.3 is 31.1 Å². The number of phenols is 1. The van der Waals surface area contributed by atoms with Gasteiger partial charge in [0, 0.05) is 25.7 Å². The molecule has 10 nitrogen and oxygen atoms in total. The fourth-order valence-electron chi connectivity index (χ4n) is 6.59. The lowest BCUT2D eigenvalue weighted by Crippen LogP contribution is -2.69. The van der Waals surface area contributed by atoms with Crippen molar-refractivity contribution in [3.8, 4) is 5.75 Å². The molecule has 0 aromatic heterocycles. The molecular formula is C26H35N3O7. The van der Waals surface area contributed by atoms with E-state index >= 15 is 0 Å². The molecule has 0 aliphatic heterocycles. The first kappa shape index (κ1) is 26.1. The predicted octanol–water partition coefficient (Wildman–Crippen LogP) is 0.475. The van der Waals surface area contributed by atoms with E-state index < -0.39 is 64.3 Å². The highest BCUT2D eigenvalue weighted by Crippen LogP contribution is 2.55. The van der Waals surface area contributed by atoms with E-state index in [4.69, 9.17) is 5.73 Å². The first-order valence-electron chi connectivity index (χ1n) is 12.1. The van der Waals surface area contributed by atoms with Gasteiger partial charge in [0.15, 0.2) is 17.2 Å². The monoisotopic (exact) mass is 501 g/mol. The Hall–Kier alpha value is -2.95. The number of Topliss-reactive ketones (excluding diaryl/α,β-unsaturated/α-hetero) is 2. The van der Waals surface area contributed by atoms with Crippen molar-refractivity contribution in [3.63, 3.8) is 0 Å². The van der Waals surface area contributed by atoms with E-state index in [1.165, 1.54) is 4.90 Å². The number of primary amides is 1. The van der Waals surface area contributed by atoms with Crippen LogP contribution in [-0.2, 0) is 16.0 Å². The van der Waals surface area contributed by atoms with Crippen LogP contribution in [-0.4, -0.2) is 88.7 Å². The first-order valence-corrected chi connectivity index (χ1v) is 12.1. The molecule has 1 aromatic carbocycles. The molecule has 1 amide bonds. The van der Waals surface area contributed by atoms with Crippen LogP contribution < -0.4 is 10.6 Å². The minimum Gasteiger partial charge on any atom is -0.508 e. The van der Waals surface area contributed by atoms with E-state index in [0.29, 0.717) is 17.5 Å². The Labute approximate surface area is 210 Å². The number of aliphatic hydroxyl groups is 3. The lowest BCUT2D eigenvalue weighted by Gasteiger charge is -2.55. The zero-order valence-corrected chi connectivity index (χ0v) is 21.4. The third kappa shape index (κ3) is 3.38. The molecule has 0 spiro atoms. The maximum atomic E-state index is 13.9. The van der Waals surface area contributed by atoms with E-state index in [-0.39, 0.29) is 23.7 Å². The molecule has 0 saturated heterocycles. The lowest BCUT2D eigenvalue weighted by atomic mass is 9.53. The number of nitrogens with zero attached hydrogens (tertiary/aromatic N) is 2. The quantitative estimate of drug-likeness (QED) is 0.369. The van der Waals surface area contributed by atoms with E-state index in [1.807, 2.05) is 38.9 Å². The Balaban J connectivity index is 1.94. The molecule has 1 aromatic rings. The number of carbonyl (C=O) groups excluding carboxylic acids is 3. The molecule has 1 saturated carbocycles. The fourth-order valence-corrected chi connectivity index (χ4v) is 6.59. The molecule has 0 bridgehead atoms. The third-order valence-corrected chi connectivity index (χ3v) is 8.27. The second kappa shape index (κ2) is 8.57. The number of anilines is 1. The highest BCUT2D eigenvalue weighted by molar-refractivity contribution is 6.22. The molecule has 4 rings (SSSR count). The topological polar surface area (TPSA) is 165 Å². The van der Waals surface area contributed by atoms with Gasteiger partial charge in [0.05, 0.1) is 17.5 Å². The third-order valence-electron chi connectivity index (χ3n) is 8.27. The van der Waals surface area contributed by atoms with Crippen LogP contribution in [0.1, 0.15) is 47.7 Å². The molecule has 10 heteroatoms. The van der Waals surface area contributed by atoms with Crippen molar-refractivity contribution in [3.05, 3.63) is 34.1 Å². The van der Waals surface area contributed by atoms with Crippen LogP contribution in [0.25, 0.3) is 0 Å². The second-order valence-electron chi connectivity index (χ2n) is 11.1. The fraction of sp³-hybridized carbons (Fsp3) is 0.577. The molecule has 6 atom stereocenters. The summed E-state index contributed by atoms with van der Waals surface area (Å²) in [4.78, 5) is 42.6. The summed E-state index contributed by atoms with van der Waals surface area (Å²) < 4.78 is 0. The summed E-state index contributed by atoms with van der Waals surface area (Å²) in [5.41, 5.74) is 4.26. The van der Waals surface area contributed by atoms with Gasteiger partial charge in [-0.2, -0.15) is 0 Å². The number of amides is 1. The minimum atomic E-state index is -2.45. The lowest BCUT2D eigenvalue weighted by molar-refractivity contribution is -0.183. The van der Waals surface area contributed by atoms with Crippen molar-refractivity contribution in [1.82, 2.24) is 4.90 Å². The van der Waals surface area contributed by atoms with Crippen LogP contribution in [0.2, 0.25) is 0 Å². The highest BCUT2D eigenvalue weighted by atomic mass is 16.4. The normalized spacial score (nSPS) is 31.9. The number of likely N-dealkylation sites (N-methyl/N-ethyl adjacent to an activating group) is 1. The van der Waals surface area contributed by atoms with Gasteiger partial charge in [0.25, 0.3) is 5.91 Å². The number of hydrogen-bond acceptors (Lipinski definition) is 9. The molecule has 3 aliphatic rings. The number of nitrogens with two attached hydrogens (primary N) is 1.